The van der Waals surface area contributed by atoms with Gasteiger partial charge in [0.15, 0.2) is 0 Å². The van der Waals surface area contributed by atoms with E-state index < -0.39 is 0 Å². The summed E-state index contributed by atoms with van der Waals surface area (Å²) >= 11 is 8.07. The van der Waals surface area contributed by atoms with Crippen LogP contribution >= 0.6 is 23.4 Å². The van der Waals surface area contributed by atoms with E-state index in [0.29, 0.717) is 19.4 Å². The van der Waals surface area contributed by atoms with Crippen LogP contribution in [0, 0.1) is 0 Å². The van der Waals surface area contributed by atoms with Crippen molar-refractivity contribution in [1.82, 2.24) is 0 Å². The van der Waals surface area contributed by atoms with Crippen molar-refractivity contribution >= 4 is 23.4 Å². The molecule has 1 heterocycles. The lowest BCUT2D eigenvalue weighted by Gasteiger charge is -2.32. The molecular weight excluding hydrogens is 368 g/mol. The molecule has 0 amide bonds. The highest BCUT2D eigenvalue weighted by molar-refractivity contribution is 7.99. The van der Waals surface area contributed by atoms with E-state index in [1.807, 2.05) is 37.4 Å². The fourth-order valence-electron chi connectivity index (χ4n) is 3.25. The normalized spacial score (nSPS) is 23.0. The summed E-state index contributed by atoms with van der Waals surface area (Å²) in [6, 6.07) is 14.2. The van der Waals surface area contributed by atoms with E-state index in [9.17, 15) is 5.11 Å². The van der Waals surface area contributed by atoms with Gasteiger partial charge < -0.3 is 14.6 Å². The van der Waals surface area contributed by atoms with Crippen molar-refractivity contribution in [3.63, 3.8) is 0 Å². The molecule has 0 aliphatic carbocycles. The summed E-state index contributed by atoms with van der Waals surface area (Å²) in [5.74, 6) is 0.879. The fraction of sp³-hybridized carbons (Fsp3) is 0.429. The van der Waals surface area contributed by atoms with Gasteiger partial charge >= 0.3 is 0 Å². The number of hydrogen-bond donors (Lipinski definition) is 1. The Kier molecular flexibility index (Phi) is 6.87. The molecule has 5 heteroatoms. The molecule has 0 aromatic heterocycles. The summed E-state index contributed by atoms with van der Waals surface area (Å²) in [5, 5.41) is 10.9. The molecule has 1 saturated heterocycles. The lowest BCUT2D eigenvalue weighted by molar-refractivity contribution is -0.0605. The molecular formula is C21H25ClO3S. The van der Waals surface area contributed by atoms with Gasteiger partial charge in [0.2, 0.25) is 0 Å². The first-order valence-electron chi connectivity index (χ1n) is 8.95. The second-order valence-electron chi connectivity index (χ2n) is 6.52. The minimum atomic E-state index is -0.323. The van der Waals surface area contributed by atoms with Crippen LogP contribution in [0.3, 0.4) is 0 Å². The molecule has 26 heavy (non-hydrogen) atoms. The number of hydrogen-bond acceptors (Lipinski definition) is 4. The number of rotatable bonds is 6. The second kappa shape index (κ2) is 9.14. The number of aliphatic hydroxyl groups excluding tert-OH is 1. The van der Waals surface area contributed by atoms with Crippen molar-refractivity contribution in [1.29, 1.82) is 0 Å². The second-order valence-corrected chi connectivity index (χ2v) is 7.92. The van der Waals surface area contributed by atoms with E-state index in [1.54, 1.807) is 11.8 Å². The molecule has 1 aliphatic rings. The van der Waals surface area contributed by atoms with Crippen LogP contribution < -0.4 is 4.74 Å². The van der Waals surface area contributed by atoms with Gasteiger partial charge in [-0.2, -0.15) is 0 Å². The molecule has 2 aromatic carbocycles. The van der Waals surface area contributed by atoms with Crippen molar-refractivity contribution in [2.24, 2.45) is 0 Å². The van der Waals surface area contributed by atoms with Gasteiger partial charge in [-0.05, 0) is 54.5 Å². The molecule has 0 bridgehead atoms. The highest BCUT2D eigenvalue weighted by atomic mass is 35.5. The van der Waals surface area contributed by atoms with E-state index in [0.717, 1.165) is 28.3 Å². The van der Waals surface area contributed by atoms with Crippen LogP contribution in [0.4, 0.5) is 0 Å². The number of benzene rings is 2. The molecule has 3 atom stereocenters. The number of thioether (sulfide) groups is 1. The van der Waals surface area contributed by atoms with Crippen molar-refractivity contribution in [2.75, 3.05) is 12.9 Å². The first-order chi connectivity index (χ1) is 12.6. The molecule has 1 aliphatic heterocycles. The molecule has 0 radical (unpaired) electrons. The van der Waals surface area contributed by atoms with Crippen molar-refractivity contribution in [2.45, 2.75) is 43.8 Å². The minimum Gasteiger partial charge on any atom is -0.494 e. The Hall–Kier alpha value is -1.20. The maximum absolute atomic E-state index is 10.1. The van der Waals surface area contributed by atoms with Gasteiger partial charge in [0.25, 0.3) is 0 Å². The van der Waals surface area contributed by atoms with Crippen LogP contribution in [0.15, 0.2) is 42.5 Å². The SMILES string of the molecule is CCOc1ccc(Cc2cc([C@H]3C[C@@H](O)C[C@@H](SC)O3)ccc2Cl)cc1. The Morgan fingerprint density at radius 3 is 2.65 bits per heavy atom. The van der Waals surface area contributed by atoms with Crippen LogP contribution in [-0.4, -0.2) is 29.5 Å². The highest BCUT2D eigenvalue weighted by Gasteiger charge is 2.29. The topological polar surface area (TPSA) is 38.7 Å². The Morgan fingerprint density at radius 1 is 1.19 bits per heavy atom. The van der Waals surface area contributed by atoms with E-state index in [-0.39, 0.29) is 17.6 Å². The lowest BCUT2D eigenvalue weighted by Crippen LogP contribution is -2.29. The van der Waals surface area contributed by atoms with Gasteiger partial charge in [-0.15, -0.1) is 11.8 Å². The number of halogens is 1. The first kappa shape index (κ1) is 19.6. The van der Waals surface area contributed by atoms with Crippen LogP contribution in [0.2, 0.25) is 5.02 Å². The number of aliphatic hydroxyl groups is 1. The molecule has 140 valence electrons. The lowest BCUT2D eigenvalue weighted by atomic mass is 9.96. The van der Waals surface area contributed by atoms with Gasteiger partial charge in [0.05, 0.1) is 18.8 Å². The van der Waals surface area contributed by atoms with Gasteiger partial charge in [-0.1, -0.05) is 35.9 Å². The van der Waals surface area contributed by atoms with Crippen molar-refractivity contribution < 1.29 is 14.6 Å². The third-order valence-corrected chi connectivity index (χ3v) is 5.80. The van der Waals surface area contributed by atoms with E-state index in [1.165, 1.54) is 5.56 Å². The smallest absolute Gasteiger partial charge is 0.119 e. The first-order valence-corrected chi connectivity index (χ1v) is 10.6. The maximum Gasteiger partial charge on any atom is 0.119 e. The molecule has 0 saturated carbocycles. The molecule has 3 nitrogen and oxygen atoms in total. The van der Waals surface area contributed by atoms with E-state index in [2.05, 4.69) is 18.2 Å². The molecule has 1 fully saturated rings. The third kappa shape index (κ3) is 4.95. The standard InChI is InChI=1S/C21H25ClO3S/c1-3-24-18-7-4-14(5-8-18)10-16-11-15(6-9-19(16)22)20-12-17(23)13-21(25-20)26-2/h4-9,11,17,20-21,23H,3,10,12-13H2,1-2H3/t17-,20-,21-/m1/s1. The van der Waals surface area contributed by atoms with E-state index >= 15 is 0 Å². The highest BCUT2D eigenvalue weighted by Crippen LogP contribution is 2.36. The predicted molar refractivity (Wildman–Crippen MR) is 108 cm³/mol. The quantitative estimate of drug-likeness (QED) is 0.730. The zero-order chi connectivity index (χ0) is 18.5. The van der Waals surface area contributed by atoms with Gasteiger partial charge in [-0.3, -0.25) is 0 Å². The molecule has 2 aromatic rings. The van der Waals surface area contributed by atoms with Gasteiger partial charge in [0.1, 0.15) is 11.2 Å². The zero-order valence-corrected chi connectivity index (χ0v) is 16.7. The monoisotopic (exact) mass is 392 g/mol. The number of ether oxygens (including phenoxy) is 2. The average molecular weight is 393 g/mol. The third-order valence-electron chi connectivity index (χ3n) is 4.60. The Balaban J connectivity index is 1.77. The van der Waals surface area contributed by atoms with Gasteiger partial charge in [-0.25, -0.2) is 0 Å². The summed E-state index contributed by atoms with van der Waals surface area (Å²) in [7, 11) is 0. The zero-order valence-electron chi connectivity index (χ0n) is 15.2. The summed E-state index contributed by atoms with van der Waals surface area (Å²) in [6.45, 7) is 2.64. The summed E-state index contributed by atoms with van der Waals surface area (Å²) < 4.78 is 11.6. The van der Waals surface area contributed by atoms with E-state index in [4.69, 9.17) is 21.1 Å². The molecule has 1 N–H and O–H groups in total. The van der Waals surface area contributed by atoms with Crippen LogP contribution in [0.25, 0.3) is 0 Å². The average Bonchev–Trinajstić information content (AvgIpc) is 2.64. The largest absolute Gasteiger partial charge is 0.494 e. The molecule has 0 unspecified atom stereocenters. The summed E-state index contributed by atoms with van der Waals surface area (Å²) in [4.78, 5) is 0. The molecule has 3 rings (SSSR count). The van der Waals surface area contributed by atoms with Crippen molar-refractivity contribution in [3.05, 3.63) is 64.2 Å². The van der Waals surface area contributed by atoms with Crippen molar-refractivity contribution in [3.8, 4) is 5.75 Å². The summed E-state index contributed by atoms with van der Waals surface area (Å²) in [5.41, 5.74) is 3.36. The van der Waals surface area contributed by atoms with Crippen LogP contribution in [-0.2, 0) is 11.2 Å². The maximum atomic E-state index is 10.1. The minimum absolute atomic E-state index is 0.0361. The fourth-order valence-corrected chi connectivity index (χ4v) is 4.09. The summed E-state index contributed by atoms with van der Waals surface area (Å²) in [6.07, 6.45) is 3.66. The Morgan fingerprint density at radius 2 is 1.96 bits per heavy atom. The van der Waals surface area contributed by atoms with Crippen LogP contribution in [0.5, 0.6) is 5.75 Å². The van der Waals surface area contributed by atoms with Crippen LogP contribution in [0.1, 0.15) is 42.6 Å². The Labute approximate surface area is 164 Å². The van der Waals surface area contributed by atoms with Gasteiger partial charge in [0, 0.05) is 17.9 Å². The predicted octanol–water partition coefficient (Wildman–Crippen LogP) is 5.23. The molecule has 0 spiro atoms. The Bertz CT molecular complexity index is 720.